The zero-order valence-electron chi connectivity index (χ0n) is 13.7. The molecule has 24 heavy (non-hydrogen) atoms. The van der Waals surface area contributed by atoms with E-state index in [0.29, 0.717) is 21.3 Å². The predicted octanol–water partition coefficient (Wildman–Crippen LogP) is 5.26. The number of rotatable bonds is 4. The standard InChI is InChI=1S/C16H18O4S.2ClH.Ti/c1-9-5-11(19-3)7-13(15(9)17)21-14-8-12(20-4)6-10(2)16(14)18;;;/h5-8,17-18H,1-4H3;2*1H;/q;;;+2/p-2. The Morgan fingerprint density at radius 2 is 1.17 bits per heavy atom. The summed E-state index contributed by atoms with van der Waals surface area (Å²) in [4.78, 5) is 1.24. The third kappa shape index (κ3) is 5.67. The number of phenolic OH excluding ortho intramolecular Hbond substituents is 2. The van der Waals surface area contributed by atoms with E-state index in [1.54, 1.807) is 52.3 Å². The van der Waals surface area contributed by atoms with E-state index in [2.05, 4.69) is 0 Å². The molecule has 130 valence electrons. The maximum atomic E-state index is 10.2. The van der Waals surface area contributed by atoms with Crippen LogP contribution in [-0.2, 0) is 17.0 Å². The van der Waals surface area contributed by atoms with Gasteiger partial charge in [0.15, 0.2) is 0 Å². The molecule has 8 heteroatoms. The molecule has 0 aliphatic heterocycles. The number of ether oxygens (including phenoxy) is 2. The fraction of sp³-hybridized carbons (Fsp3) is 0.250. The van der Waals surface area contributed by atoms with Crippen molar-refractivity contribution in [1.82, 2.24) is 0 Å². The number of phenols is 2. The van der Waals surface area contributed by atoms with Crippen molar-refractivity contribution >= 4 is 30.4 Å². The Morgan fingerprint density at radius 1 is 0.833 bits per heavy atom. The summed E-state index contributed by atoms with van der Waals surface area (Å²) < 4.78 is 10.4. The van der Waals surface area contributed by atoms with Crippen LogP contribution in [0.5, 0.6) is 23.0 Å². The van der Waals surface area contributed by atoms with Gasteiger partial charge in [-0.05, 0) is 49.2 Å². The van der Waals surface area contributed by atoms with Crippen LogP contribution < -0.4 is 9.47 Å². The monoisotopic (exact) mass is 424 g/mol. The molecule has 0 atom stereocenters. The summed E-state index contributed by atoms with van der Waals surface area (Å²) in [5.74, 6) is 1.68. The maximum absolute atomic E-state index is 10.2. The number of hydrogen-bond acceptors (Lipinski definition) is 5. The van der Waals surface area contributed by atoms with Gasteiger partial charge >= 0.3 is 35.6 Å². The van der Waals surface area contributed by atoms with E-state index in [1.807, 2.05) is 0 Å². The summed E-state index contributed by atoms with van der Waals surface area (Å²) in [6.45, 7) is 3.61. The number of aromatic hydroxyl groups is 2. The minimum absolute atomic E-state index is 0.181. The number of benzene rings is 2. The van der Waals surface area contributed by atoms with Crippen LogP contribution in [-0.4, -0.2) is 24.4 Å². The van der Waals surface area contributed by atoms with Crippen molar-refractivity contribution in [2.75, 3.05) is 14.2 Å². The summed E-state index contributed by atoms with van der Waals surface area (Å²) >= 11 is 0.713. The molecule has 0 bridgehead atoms. The molecule has 0 aliphatic rings. The fourth-order valence-corrected chi connectivity index (χ4v) is 3.04. The van der Waals surface area contributed by atoms with Crippen molar-refractivity contribution in [1.29, 1.82) is 0 Å². The SMILES string of the molecule is COc1cc(C)c(O)c(Sc2cc(OC)cc(C)c2O)c1.[Cl][Ti][Cl]. The molecule has 0 aliphatic carbocycles. The Labute approximate surface area is 162 Å². The first-order valence-electron chi connectivity index (χ1n) is 6.77. The van der Waals surface area contributed by atoms with Gasteiger partial charge in [-0.3, -0.25) is 0 Å². The summed E-state index contributed by atoms with van der Waals surface area (Å²) in [5, 5.41) is 20.4. The summed E-state index contributed by atoms with van der Waals surface area (Å²) in [7, 11) is 12.9. The summed E-state index contributed by atoms with van der Waals surface area (Å²) in [6.07, 6.45) is 0. The van der Waals surface area contributed by atoms with Crippen LogP contribution in [0.15, 0.2) is 34.1 Å². The second-order valence-electron chi connectivity index (χ2n) is 4.76. The molecule has 2 aromatic carbocycles. The summed E-state index contributed by atoms with van der Waals surface area (Å²) in [6, 6.07) is 6.99. The molecule has 4 nitrogen and oxygen atoms in total. The molecule has 2 rings (SSSR count). The number of hydrogen-bond donors (Lipinski definition) is 2. The van der Waals surface area contributed by atoms with E-state index in [9.17, 15) is 10.2 Å². The van der Waals surface area contributed by atoms with Crippen molar-refractivity contribution in [3.8, 4) is 23.0 Å². The van der Waals surface area contributed by atoms with Crippen LogP contribution in [0.4, 0.5) is 0 Å². The van der Waals surface area contributed by atoms with Gasteiger partial charge in [-0.25, -0.2) is 0 Å². The van der Waals surface area contributed by atoms with E-state index >= 15 is 0 Å². The molecule has 0 amide bonds. The molecule has 0 unspecified atom stereocenters. The molecule has 0 fully saturated rings. The van der Waals surface area contributed by atoms with E-state index in [4.69, 9.17) is 28.1 Å². The molecule has 2 aromatic rings. The van der Waals surface area contributed by atoms with Crippen molar-refractivity contribution in [3.63, 3.8) is 0 Å². The normalized spacial score (nSPS) is 9.75. The van der Waals surface area contributed by atoms with Crippen LogP contribution in [0.2, 0.25) is 0 Å². The van der Waals surface area contributed by atoms with E-state index in [-0.39, 0.29) is 11.5 Å². The molecule has 0 saturated heterocycles. The molecule has 0 radical (unpaired) electrons. The zero-order valence-corrected chi connectivity index (χ0v) is 17.6. The predicted molar refractivity (Wildman–Crippen MR) is 94.6 cm³/mol. The van der Waals surface area contributed by atoms with Crippen LogP contribution >= 0.6 is 30.4 Å². The van der Waals surface area contributed by atoms with Gasteiger partial charge in [0.25, 0.3) is 0 Å². The van der Waals surface area contributed by atoms with Gasteiger partial charge in [-0.1, -0.05) is 11.8 Å². The van der Waals surface area contributed by atoms with Crippen molar-refractivity contribution in [3.05, 3.63) is 35.4 Å². The number of aryl methyl sites for hydroxylation is 2. The molecule has 0 heterocycles. The van der Waals surface area contributed by atoms with Crippen molar-refractivity contribution in [2.24, 2.45) is 0 Å². The van der Waals surface area contributed by atoms with Gasteiger partial charge in [-0.15, -0.1) is 0 Å². The van der Waals surface area contributed by atoms with Gasteiger partial charge in [0, 0.05) is 0 Å². The van der Waals surface area contributed by atoms with Crippen LogP contribution in [0.3, 0.4) is 0 Å². The first kappa shape index (κ1) is 21.3. The first-order chi connectivity index (χ1) is 11.4. The molecule has 0 saturated carbocycles. The Balaban J connectivity index is 0.000000891. The van der Waals surface area contributed by atoms with Gasteiger partial charge in [-0.2, -0.15) is 0 Å². The molecular formula is C16H18Cl2O4STi. The van der Waals surface area contributed by atoms with Crippen molar-refractivity contribution in [2.45, 2.75) is 23.6 Å². The molecule has 0 spiro atoms. The van der Waals surface area contributed by atoms with Gasteiger partial charge < -0.3 is 19.7 Å². The molecular weight excluding hydrogens is 407 g/mol. The Hall–Kier alpha value is -0.716. The molecule has 0 aromatic heterocycles. The van der Waals surface area contributed by atoms with Crippen LogP contribution in [0, 0.1) is 13.8 Å². The third-order valence-electron chi connectivity index (χ3n) is 3.17. The van der Waals surface area contributed by atoms with Crippen molar-refractivity contribution < 1.29 is 36.7 Å². The fourth-order valence-electron chi connectivity index (χ4n) is 1.94. The summed E-state index contributed by atoms with van der Waals surface area (Å²) in [5.41, 5.74) is 1.44. The third-order valence-corrected chi connectivity index (χ3v) is 4.23. The van der Waals surface area contributed by atoms with Crippen LogP contribution in [0.25, 0.3) is 0 Å². The van der Waals surface area contributed by atoms with Crippen LogP contribution in [0.1, 0.15) is 11.1 Å². The average Bonchev–Trinajstić information content (AvgIpc) is 2.56. The first-order valence-corrected chi connectivity index (χ1v) is 11.9. The second-order valence-corrected chi connectivity index (χ2v) is 8.42. The minimum atomic E-state index is -0.556. The average molecular weight is 425 g/mol. The Morgan fingerprint density at radius 3 is 1.46 bits per heavy atom. The Kier molecular flexibility index (Phi) is 9.17. The topological polar surface area (TPSA) is 58.9 Å². The van der Waals surface area contributed by atoms with Gasteiger partial charge in [0.05, 0.1) is 24.0 Å². The Bertz CT molecular complexity index is 641. The van der Waals surface area contributed by atoms with E-state index in [0.717, 1.165) is 11.1 Å². The number of methoxy groups -OCH3 is 2. The van der Waals surface area contributed by atoms with Gasteiger partial charge in [0.1, 0.15) is 23.0 Å². The molecule has 2 N–H and O–H groups in total. The second kappa shape index (κ2) is 10.3. The number of halogens is 2. The van der Waals surface area contributed by atoms with Gasteiger partial charge in [0.2, 0.25) is 0 Å². The quantitative estimate of drug-likeness (QED) is 0.655. The zero-order chi connectivity index (χ0) is 18.3. The van der Waals surface area contributed by atoms with E-state index in [1.165, 1.54) is 11.8 Å². The van der Waals surface area contributed by atoms with E-state index < -0.39 is 17.0 Å².